The third-order valence-corrected chi connectivity index (χ3v) is 6.84. The zero-order chi connectivity index (χ0) is 18.7. The largest absolute Gasteiger partial charge is 0.495 e. The van der Waals surface area contributed by atoms with Crippen molar-refractivity contribution in [1.29, 1.82) is 0 Å². The van der Waals surface area contributed by atoms with E-state index in [0.29, 0.717) is 18.1 Å². The van der Waals surface area contributed by atoms with E-state index < -0.39 is 10.0 Å². The molecule has 1 unspecified atom stereocenters. The highest BCUT2D eigenvalue weighted by Gasteiger charge is 2.31. The number of ether oxygens (including phenoxy) is 1. The molecule has 3 rings (SSSR count). The van der Waals surface area contributed by atoms with Gasteiger partial charge in [-0.2, -0.15) is 4.31 Å². The molecule has 4 nitrogen and oxygen atoms in total. The Morgan fingerprint density at radius 3 is 2.58 bits per heavy atom. The van der Waals surface area contributed by atoms with Crippen molar-refractivity contribution in [3.63, 3.8) is 0 Å². The average Bonchev–Trinajstić information content (AvgIpc) is 2.89. The molecule has 2 aromatic rings. The minimum atomic E-state index is -3.75. The standard InChI is InChI=1S/C19H21ClFNO3S/c1-25-18-10-7-16(20)12-19(18)26(23,24)22-11-3-2-4-15(13-22)14-5-8-17(21)9-6-14/h5-10,12,15H,2-4,11,13H2,1H3. The second-order valence-corrected chi connectivity index (χ2v) is 8.75. The molecule has 140 valence electrons. The summed E-state index contributed by atoms with van der Waals surface area (Å²) in [7, 11) is -2.31. The van der Waals surface area contributed by atoms with Crippen molar-refractivity contribution < 1.29 is 17.5 Å². The van der Waals surface area contributed by atoms with Gasteiger partial charge in [-0.15, -0.1) is 0 Å². The molecule has 0 aliphatic carbocycles. The van der Waals surface area contributed by atoms with Crippen LogP contribution in [0.1, 0.15) is 30.7 Å². The van der Waals surface area contributed by atoms with E-state index in [2.05, 4.69) is 0 Å². The van der Waals surface area contributed by atoms with E-state index in [4.69, 9.17) is 16.3 Å². The summed E-state index contributed by atoms with van der Waals surface area (Å²) in [4.78, 5) is 0.0762. The van der Waals surface area contributed by atoms with Crippen molar-refractivity contribution in [3.8, 4) is 5.75 Å². The van der Waals surface area contributed by atoms with Crippen molar-refractivity contribution in [2.45, 2.75) is 30.1 Å². The fourth-order valence-corrected chi connectivity index (χ4v) is 5.27. The molecular formula is C19H21ClFNO3S. The minimum Gasteiger partial charge on any atom is -0.495 e. The summed E-state index contributed by atoms with van der Waals surface area (Å²) in [5.41, 5.74) is 0.951. The van der Waals surface area contributed by atoms with Gasteiger partial charge in [0.25, 0.3) is 0 Å². The Balaban J connectivity index is 1.93. The molecule has 1 aliphatic rings. The van der Waals surface area contributed by atoms with Crippen LogP contribution in [0.3, 0.4) is 0 Å². The van der Waals surface area contributed by atoms with Gasteiger partial charge in [0.1, 0.15) is 16.5 Å². The molecule has 0 saturated carbocycles. The van der Waals surface area contributed by atoms with E-state index in [-0.39, 0.29) is 22.4 Å². The second kappa shape index (κ2) is 7.94. The molecule has 1 atom stereocenters. The summed E-state index contributed by atoms with van der Waals surface area (Å²) in [6, 6.07) is 10.9. The number of sulfonamides is 1. The molecule has 0 radical (unpaired) electrons. The van der Waals surface area contributed by atoms with Gasteiger partial charge in [-0.1, -0.05) is 30.2 Å². The van der Waals surface area contributed by atoms with Crippen LogP contribution in [0.4, 0.5) is 4.39 Å². The molecule has 0 aromatic heterocycles. The Bertz CT molecular complexity index is 871. The van der Waals surface area contributed by atoms with E-state index >= 15 is 0 Å². The number of methoxy groups -OCH3 is 1. The summed E-state index contributed by atoms with van der Waals surface area (Å²) < 4.78 is 46.4. The zero-order valence-corrected chi connectivity index (χ0v) is 16.1. The first kappa shape index (κ1) is 19.1. The fraction of sp³-hybridized carbons (Fsp3) is 0.368. The molecule has 26 heavy (non-hydrogen) atoms. The van der Waals surface area contributed by atoms with Crippen LogP contribution in [0.5, 0.6) is 5.75 Å². The first-order chi connectivity index (χ1) is 12.4. The number of rotatable bonds is 4. The predicted octanol–water partition coefficient (Wildman–Crippen LogP) is 4.45. The average molecular weight is 398 g/mol. The number of halogens is 2. The van der Waals surface area contributed by atoms with E-state index in [1.165, 1.54) is 29.6 Å². The molecule has 0 bridgehead atoms. The Kier molecular flexibility index (Phi) is 5.85. The number of hydrogen-bond acceptors (Lipinski definition) is 3. The summed E-state index contributed by atoms with van der Waals surface area (Å²) in [6.07, 6.45) is 2.56. The lowest BCUT2D eigenvalue weighted by atomic mass is 9.95. The lowest BCUT2D eigenvalue weighted by Crippen LogP contribution is -2.34. The Labute approximate surface area is 158 Å². The lowest BCUT2D eigenvalue weighted by Gasteiger charge is -2.25. The van der Waals surface area contributed by atoms with Crippen LogP contribution in [0, 0.1) is 5.82 Å². The predicted molar refractivity (Wildman–Crippen MR) is 99.8 cm³/mol. The van der Waals surface area contributed by atoms with Gasteiger partial charge >= 0.3 is 0 Å². The summed E-state index contributed by atoms with van der Waals surface area (Å²) in [6.45, 7) is 0.791. The molecular weight excluding hydrogens is 377 g/mol. The topological polar surface area (TPSA) is 46.6 Å². The lowest BCUT2D eigenvalue weighted by molar-refractivity contribution is 0.386. The first-order valence-corrected chi connectivity index (χ1v) is 10.3. The van der Waals surface area contributed by atoms with Gasteiger partial charge in [0.2, 0.25) is 10.0 Å². The van der Waals surface area contributed by atoms with E-state index in [0.717, 1.165) is 24.8 Å². The Morgan fingerprint density at radius 1 is 1.15 bits per heavy atom. The Morgan fingerprint density at radius 2 is 1.88 bits per heavy atom. The van der Waals surface area contributed by atoms with Crippen molar-refractivity contribution in [2.75, 3.05) is 20.2 Å². The quantitative estimate of drug-likeness (QED) is 0.765. The van der Waals surface area contributed by atoms with E-state index in [1.54, 1.807) is 24.3 Å². The second-order valence-electron chi connectivity index (χ2n) is 6.40. The number of benzene rings is 2. The molecule has 0 amide bonds. The highest BCUT2D eigenvalue weighted by atomic mass is 35.5. The SMILES string of the molecule is COc1ccc(Cl)cc1S(=O)(=O)N1CCCCC(c2ccc(F)cc2)C1. The molecule has 0 spiro atoms. The maximum Gasteiger partial charge on any atom is 0.246 e. The summed E-state index contributed by atoms with van der Waals surface area (Å²) >= 11 is 6.02. The molecule has 1 aliphatic heterocycles. The minimum absolute atomic E-state index is 0.0260. The third-order valence-electron chi connectivity index (χ3n) is 4.72. The van der Waals surface area contributed by atoms with Gasteiger partial charge in [0.15, 0.2) is 0 Å². The number of nitrogens with zero attached hydrogens (tertiary/aromatic N) is 1. The maximum absolute atomic E-state index is 13.2. The summed E-state index contributed by atoms with van der Waals surface area (Å²) in [5, 5.41) is 0.342. The third kappa shape index (κ3) is 4.03. The summed E-state index contributed by atoms with van der Waals surface area (Å²) in [5.74, 6) is 0.00514. The highest BCUT2D eigenvalue weighted by molar-refractivity contribution is 7.89. The van der Waals surface area contributed by atoms with Crippen molar-refractivity contribution in [1.82, 2.24) is 4.31 Å². The van der Waals surface area contributed by atoms with Gasteiger partial charge in [0, 0.05) is 18.1 Å². The highest BCUT2D eigenvalue weighted by Crippen LogP contribution is 2.33. The fourth-order valence-electron chi connectivity index (χ4n) is 3.32. The normalized spacial score (nSPS) is 19.1. The van der Waals surface area contributed by atoms with Crippen LogP contribution in [-0.2, 0) is 10.0 Å². The molecule has 2 aromatic carbocycles. The molecule has 1 saturated heterocycles. The van der Waals surface area contributed by atoms with Gasteiger partial charge < -0.3 is 4.74 Å². The zero-order valence-electron chi connectivity index (χ0n) is 14.5. The van der Waals surface area contributed by atoms with Gasteiger partial charge in [0.05, 0.1) is 7.11 Å². The molecule has 0 N–H and O–H groups in total. The van der Waals surface area contributed by atoms with E-state index in [1.807, 2.05) is 0 Å². The smallest absolute Gasteiger partial charge is 0.246 e. The van der Waals surface area contributed by atoms with Gasteiger partial charge in [-0.25, -0.2) is 12.8 Å². The van der Waals surface area contributed by atoms with Crippen molar-refractivity contribution >= 4 is 21.6 Å². The van der Waals surface area contributed by atoms with Gasteiger partial charge in [-0.3, -0.25) is 0 Å². The molecule has 1 fully saturated rings. The van der Waals surface area contributed by atoms with Crippen LogP contribution >= 0.6 is 11.6 Å². The van der Waals surface area contributed by atoms with Gasteiger partial charge in [-0.05, 0) is 54.7 Å². The van der Waals surface area contributed by atoms with Crippen LogP contribution < -0.4 is 4.74 Å². The molecule has 7 heteroatoms. The number of hydrogen-bond donors (Lipinski definition) is 0. The van der Waals surface area contributed by atoms with Crippen LogP contribution in [0.2, 0.25) is 5.02 Å². The first-order valence-electron chi connectivity index (χ1n) is 8.51. The monoisotopic (exact) mass is 397 g/mol. The van der Waals surface area contributed by atoms with E-state index in [9.17, 15) is 12.8 Å². The van der Waals surface area contributed by atoms with Crippen LogP contribution in [0.25, 0.3) is 0 Å². The van der Waals surface area contributed by atoms with Crippen LogP contribution in [0.15, 0.2) is 47.4 Å². The molecule has 1 heterocycles. The maximum atomic E-state index is 13.2. The van der Waals surface area contributed by atoms with Crippen molar-refractivity contribution in [2.24, 2.45) is 0 Å². The Hall–Kier alpha value is -1.63. The van der Waals surface area contributed by atoms with Crippen LogP contribution in [-0.4, -0.2) is 32.9 Å². The van der Waals surface area contributed by atoms with Crippen molar-refractivity contribution in [3.05, 3.63) is 58.9 Å².